The fourth-order valence-corrected chi connectivity index (χ4v) is 3.81. The molecule has 6 heteroatoms. The van der Waals surface area contributed by atoms with E-state index in [1.165, 1.54) is 24.3 Å². The Morgan fingerprint density at radius 2 is 1.88 bits per heavy atom. The maximum absolute atomic E-state index is 12.8. The maximum Gasteiger partial charge on any atom is 0.335 e. The van der Waals surface area contributed by atoms with E-state index in [0.717, 1.165) is 24.2 Å². The highest BCUT2D eigenvalue weighted by molar-refractivity contribution is 5.89. The van der Waals surface area contributed by atoms with Crippen molar-refractivity contribution in [1.29, 1.82) is 0 Å². The van der Waals surface area contributed by atoms with E-state index in [1.807, 2.05) is 18.2 Å². The molecule has 0 aliphatic carbocycles. The molecule has 2 unspecified atom stereocenters. The van der Waals surface area contributed by atoms with Gasteiger partial charge in [0.25, 0.3) is 0 Å². The molecule has 0 aromatic heterocycles. The number of rotatable bonds is 3. The number of fused-ring (bicyclic) bond motifs is 2. The van der Waals surface area contributed by atoms with Gasteiger partial charge in [-0.05, 0) is 48.9 Å². The molecule has 0 saturated carbocycles. The van der Waals surface area contributed by atoms with Crippen molar-refractivity contribution in [1.82, 2.24) is 5.32 Å². The lowest BCUT2D eigenvalue weighted by atomic mass is 9.76. The van der Waals surface area contributed by atoms with Crippen LogP contribution in [0.2, 0.25) is 0 Å². The number of ether oxygens (including phenoxy) is 1. The third-order valence-corrected chi connectivity index (χ3v) is 5.06. The minimum absolute atomic E-state index is 0.155. The predicted octanol–water partition coefficient (Wildman–Crippen LogP) is 2.02. The Morgan fingerprint density at radius 1 is 1.12 bits per heavy atom. The van der Waals surface area contributed by atoms with E-state index in [9.17, 15) is 9.59 Å². The Morgan fingerprint density at radius 3 is 2.56 bits per heavy atom. The van der Waals surface area contributed by atoms with Gasteiger partial charge in [-0.15, -0.1) is 0 Å². The molecule has 2 atom stereocenters. The standard InChI is InChI=1S/C19H18N2O4/c22-17(23)12-5-7-13(8-6-12)25-18(24)16-19(9-10-20-11-19)14-3-1-2-4-15(14)21-16/h1-8,16,20-21H,9-11H2,(H,22,23). The highest BCUT2D eigenvalue weighted by atomic mass is 16.5. The van der Waals surface area contributed by atoms with E-state index in [1.54, 1.807) is 0 Å². The number of anilines is 1. The van der Waals surface area contributed by atoms with Crippen molar-refractivity contribution in [3.63, 3.8) is 0 Å². The van der Waals surface area contributed by atoms with Crippen molar-refractivity contribution in [3.8, 4) is 5.75 Å². The van der Waals surface area contributed by atoms with Crippen LogP contribution in [0.5, 0.6) is 5.75 Å². The maximum atomic E-state index is 12.8. The van der Waals surface area contributed by atoms with Gasteiger partial charge in [0.1, 0.15) is 11.8 Å². The minimum atomic E-state index is -1.01. The van der Waals surface area contributed by atoms with Gasteiger partial charge < -0.3 is 20.5 Å². The van der Waals surface area contributed by atoms with E-state index in [-0.39, 0.29) is 16.9 Å². The molecule has 6 nitrogen and oxygen atoms in total. The van der Waals surface area contributed by atoms with E-state index < -0.39 is 12.0 Å². The summed E-state index contributed by atoms with van der Waals surface area (Å²) >= 11 is 0. The first kappa shape index (κ1) is 15.7. The van der Waals surface area contributed by atoms with Crippen molar-refractivity contribution in [3.05, 3.63) is 59.7 Å². The Hall–Kier alpha value is -2.86. The third kappa shape index (κ3) is 2.55. The second-order valence-electron chi connectivity index (χ2n) is 6.46. The zero-order valence-corrected chi connectivity index (χ0v) is 13.5. The summed E-state index contributed by atoms with van der Waals surface area (Å²) in [5.74, 6) is -1.03. The summed E-state index contributed by atoms with van der Waals surface area (Å²) < 4.78 is 5.53. The Labute approximate surface area is 144 Å². The van der Waals surface area contributed by atoms with E-state index >= 15 is 0 Å². The lowest BCUT2D eigenvalue weighted by Gasteiger charge is -2.29. The lowest BCUT2D eigenvalue weighted by Crippen LogP contribution is -2.47. The van der Waals surface area contributed by atoms with E-state index in [4.69, 9.17) is 9.84 Å². The smallest absolute Gasteiger partial charge is 0.335 e. The molecular weight excluding hydrogens is 320 g/mol. The van der Waals surface area contributed by atoms with Gasteiger partial charge in [0.2, 0.25) is 0 Å². The van der Waals surface area contributed by atoms with Crippen LogP contribution in [0.1, 0.15) is 22.3 Å². The van der Waals surface area contributed by atoms with Gasteiger partial charge in [0, 0.05) is 17.6 Å². The molecule has 25 heavy (non-hydrogen) atoms. The molecule has 0 radical (unpaired) electrons. The van der Waals surface area contributed by atoms with Gasteiger partial charge in [-0.3, -0.25) is 0 Å². The van der Waals surface area contributed by atoms with Crippen molar-refractivity contribution in [2.75, 3.05) is 18.4 Å². The molecule has 2 aliphatic rings. The molecule has 1 saturated heterocycles. The molecule has 1 spiro atoms. The number of aromatic carboxylic acids is 1. The Kier molecular flexibility index (Phi) is 3.69. The zero-order valence-electron chi connectivity index (χ0n) is 13.5. The number of carbonyl (C=O) groups is 2. The van der Waals surface area contributed by atoms with Crippen LogP contribution in [0.25, 0.3) is 0 Å². The normalized spacial score (nSPS) is 23.9. The summed E-state index contributed by atoms with van der Waals surface area (Å²) in [6.07, 6.45) is 0.856. The van der Waals surface area contributed by atoms with Crippen molar-refractivity contribution in [2.24, 2.45) is 0 Å². The monoisotopic (exact) mass is 338 g/mol. The SMILES string of the molecule is O=C(O)c1ccc(OC(=O)C2Nc3ccccc3C23CCNC3)cc1. The van der Waals surface area contributed by atoms with Crippen LogP contribution in [-0.2, 0) is 10.2 Å². The predicted molar refractivity (Wildman–Crippen MR) is 92.1 cm³/mol. The fourth-order valence-electron chi connectivity index (χ4n) is 3.81. The molecule has 2 aliphatic heterocycles. The summed E-state index contributed by atoms with van der Waals surface area (Å²) in [5, 5.41) is 15.6. The molecule has 4 rings (SSSR count). The quantitative estimate of drug-likeness (QED) is 0.586. The number of hydrogen-bond acceptors (Lipinski definition) is 5. The van der Waals surface area contributed by atoms with E-state index in [2.05, 4.69) is 16.7 Å². The second-order valence-corrected chi connectivity index (χ2v) is 6.46. The lowest BCUT2D eigenvalue weighted by molar-refractivity contribution is -0.136. The van der Waals surface area contributed by atoms with Gasteiger partial charge in [-0.1, -0.05) is 18.2 Å². The topological polar surface area (TPSA) is 87.7 Å². The molecule has 0 amide bonds. The van der Waals surface area contributed by atoms with Crippen LogP contribution >= 0.6 is 0 Å². The minimum Gasteiger partial charge on any atom is -0.478 e. The number of nitrogens with one attached hydrogen (secondary N) is 2. The van der Waals surface area contributed by atoms with E-state index in [0.29, 0.717) is 12.3 Å². The molecule has 2 heterocycles. The highest BCUT2D eigenvalue weighted by Gasteiger charge is 2.52. The van der Waals surface area contributed by atoms with Gasteiger partial charge in [0.05, 0.1) is 5.56 Å². The molecule has 3 N–H and O–H groups in total. The van der Waals surface area contributed by atoms with Crippen molar-refractivity contribution < 1.29 is 19.4 Å². The molecule has 2 aromatic rings. The summed E-state index contributed by atoms with van der Waals surface area (Å²) in [5.41, 5.74) is 1.95. The van der Waals surface area contributed by atoms with Crippen LogP contribution in [0.15, 0.2) is 48.5 Å². The summed E-state index contributed by atoms with van der Waals surface area (Å²) in [7, 11) is 0. The molecular formula is C19H18N2O4. The summed E-state index contributed by atoms with van der Waals surface area (Å²) in [4.78, 5) is 23.7. The number of hydrogen-bond donors (Lipinski definition) is 3. The van der Waals surface area contributed by atoms with Crippen molar-refractivity contribution >= 4 is 17.6 Å². The number of carbonyl (C=O) groups excluding carboxylic acids is 1. The fraction of sp³-hybridized carbons (Fsp3) is 0.263. The van der Waals surface area contributed by atoms with Gasteiger partial charge in [-0.25, -0.2) is 9.59 Å². The number of esters is 1. The number of para-hydroxylation sites is 1. The van der Waals surface area contributed by atoms with Gasteiger partial charge in [-0.2, -0.15) is 0 Å². The first-order valence-corrected chi connectivity index (χ1v) is 8.22. The molecule has 128 valence electrons. The van der Waals surface area contributed by atoms with Crippen LogP contribution in [-0.4, -0.2) is 36.2 Å². The Bertz CT molecular complexity index is 826. The first-order chi connectivity index (χ1) is 12.1. The number of carboxylic acid groups (broad SMARTS) is 1. The third-order valence-electron chi connectivity index (χ3n) is 5.06. The van der Waals surface area contributed by atoms with Crippen molar-refractivity contribution in [2.45, 2.75) is 17.9 Å². The average molecular weight is 338 g/mol. The number of benzene rings is 2. The molecule has 0 bridgehead atoms. The molecule has 2 aromatic carbocycles. The highest BCUT2D eigenvalue weighted by Crippen LogP contribution is 2.45. The van der Waals surface area contributed by atoms with Gasteiger partial charge in [0.15, 0.2) is 0 Å². The zero-order chi connectivity index (χ0) is 17.4. The molecule has 1 fully saturated rings. The van der Waals surface area contributed by atoms with Gasteiger partial charge >= 0.3 is 11.9 Å². The second kappa shape index (κ2) is 5.89. The van der Waals surface area contributed by atoms with Crippen LogP contribution in [0, 0.1) is 0 Å². The van der Waals surface area contributed by atoms with Crippen LogP contribution in [0.3, 0.4) is 0 Å². The largest absolute Gasteiger partial charge is 0.478 e. The first-order valence-electron chi connectivity index (χ1n) is 8.22. The summed E-state index contributed by atoms with van der Waals surface area (Å²) in [6.45, 7) is 1.57. The van der Waals surface area contributed by atoms with Crippen LogP contribution in [0.4, 0.5) is 5.69 Å². The van der Waals surface area contributed by atoms with Crippen LogP contribution < -0.4 is 15.4 Å². The average Bonchev–Trinajstić information content (AvgIpc) is 3.22. The summed E-state index contributed by atoms with van der Waals surface area (Å²) in [6, 6.07) is 13.3. The Balaban J connectivity index is 1.59. The number of carboxylic acids is 1.